The van der Waals surface area contributed by atoms with Crippen molar-refractivity contribution in [3.63, 3.8) is 0 Å². The Bertz CT molecular complexity index is 1220. The van der Waals surface area contributed by atoms with Gasteiger partial charge >= 0.3 is 0 Å². The molecule has 1 saturated heterocycles. The lowest BCUT2D eigenvalue weighted by Gasteiger charge is -2.31. The number of fused-ring (bicyclic) bond motifs is 2. The Hall–Kier alpha value is -3.39. The molecule has 1 amide bonds. The van der Waals surface area contributed by atoms with E-state index in [1.807, 2.05) is 49.1 Å². The predicted molar refractivity (Wildman–Crippen MR) is 116 cm³/mol. The summed E-state index contributed by atoms with van der Waals surface area (Å²) in [6.07, 6.45) is 6.42. The third kappa shape index (κ3) is 3.19. The number of amides is 1. The summed E-state index contributed by atoms with van der Waals surface area (Å²) >= 11 is 0. The molecule has 2 aromatic heterocycles. The van der Waals surface area contributed by atoms with Gasteiger partial charge in [0.2, 0.25) is 5.95 Å². The number of para-hydroxylation sites is 1. The van der Waals surface area contributed by atoms with E-state index in [0.29, 0.717) is 11.6 Å². The largest absolute Gasteiger partial charge is 0.320 e. The van der Waals surface area contributed by atoms with Crippen LogP contribution >= 0.6 is 0 Å². The van der Waals surface area contributed by atoms with Gasteiger partial charge in [-0.05, 0) is 26.5 Å². The third-order valence-electron chi connectivity index (χ3n) is 5.91. The number of nitrogens with zero attached hydrogens (tertiary/aromatic N) is 6. The third-order valence-corrected chi connectivity index (χ3v) is 5.91. The monoisotopic (exact) mass is 401 g/mol. The smallest absolute Gasteiger partial charge is 0.293 e. The van der Waals surface area contributed by atoms with Crippen LogP contribution in [0.3, 0.4) is 0 Å². The van der Waals surface area contributed by atoms with Gasteiger partial charge in [-0.1, -0.05) is 18.2 Å². The van der Waals surface area contributed by atoms with Crippen molar-refractivity contribution >= 4 is 28.5 Å². The van der Waals surface area contributed by atoms with Gasteiger partial charge in [0.15, 0.2) is 0 Å². The highest BCUT2D eigenvalue weighted by molar-refractivity contribution is 6.09. The number of nitrogens with one attached hydrogen (secondary N) is 1. The molecule has 1 N–H and O–H groups in total. The second kappa shape index (κ2) is 7.14. The number of hydrogen-bond donors (Lipinski definition) is 1. The molecule has 4 heterocycles. The van der Waals surface area contributed by atoms with Crippen molar-refractivity contribution in [1.82, 2.24) is 24.6 Å². The number of benzene rings is 1. The zero-order chi connectivity index (χ0) is 20.8. The Kier molecular flexibility index (Phi) is 4.43. The number of hydrogen-bond acceptors (Lipinski definition) is 6. The van der Waals surface area contributed by atoms with Crippen molar-refractivity contribution in [2.24, 2.45) is 18.0 Å². The number of carbonyl (C=O) groups is 1. The molecule has 1 unspecified atom stereocenters. The summed E-state index contributed by atoms with van der Waals surface area (Å²) in [5.41, 5.74) is 5.30. The molecule has 0 bridgehead atoms. The summed E-state index contributed by atoms with van der Waals surface area (Å²) in [5, 5.41) is 8.40. The number of dihydropyridines is 1. The van der Waals surface area contributed by atoms with Crippen molar-refractivity contribution in [3.8, 4) is 11.1 Å². The quantitative estimate of drug-likeness (QED) is 0.726. The standard InChI is InChI=1S/C22H23N7O/c1-13-17(11-24-29(13)3)16-6-4-5-14-10-23-22(27-20(14)16)26-19-9-15-12-28(2)8-7-18(15)25-21(19)30/h4-6,9-11,15H,7-8,12H2,1-3H3,(H,23,26,27). The van der Waals surface area contributed by atoms with Gasteiger partial charge in [0.25, 0.3) is 5.91 Å². The molecule has 8 nitrogen and oxygen atoms in total. The van der Waals surface area contributed by atoms with E-state index in [4.69, 9.17) is 4.98 Å². The Morgan fingerprint density at radius 3 is 2.83 bits per heavy atom. The summed E-state index contributed by atoms with van der Waals surface area (Å²) in [4.78, 5) is 28.3. The van der Waals surface area contributed by atoms with Crippen LogP contribution in [0.4, 0.5) is 5.95 Å². The van der Waals surface area contributed by atoms with Gasteiger partial charge in [-0.15, -0.1) is 0 Å². The Morgan fingerprint density at radius 1 is 1.17 bits per heavy atom. The second-order valence-electron chi connectivity index (χ2n) is 7.94. The zero-order valence-corrected chi connectivity index (χ0v) is 17.3. The van der Waals surface area contributed by atoms with Gasteiger partial charge < -0.3 is 10.2 Å². The predicted octanol–water partition coefficient (Wildman–Crippen LogP) is 2.57. The first-order chi connectivity index (χ1) is 14.5. The highest BCUT2D eigenvalue weighted by Gasteiger charge is 2.28. The first kappa shape index (κ1) is 18.6. The van der Waals surface area contributed by atoms with Gasteiger partial charge in [0.05, 0.1) is 11.7 Å². The normalized spacial score (nSPS) is 19.4. The van der Waals surface area contributed by atoms with Crippen LogP contribution in [0.1, 0.15) is 12.1 Å². The number of carbonyl (C=O) groups excluding carboxylic acids is 1. The average molecular weight is 401 g/mol. The van der Waals surface area contributed by atoms with Crippen LogP contribution in [0.25, 0.3) is 22.0 Å². The summed E-state index contributed by atoms with van der Waals surface area (Å²) in [6, 6.07) is 6.00. The van der Waals surface area contributed by atoms with E-state index in [2.05, 4.69) is 32.3 Å². The van der Waals surface area contributed by atoms with Crippen LogP contribution in [0.2, 0.25) is 0 Å². The zero-order valence-electron chi connectivity index (χ0n) is 17.3. The number of piperidine rings is 1. The minimum atomic E-state index is -0.258. The van der Waals surface area contributed by atoms with Gasteiger partial charge in [0, 0.05) is 60.2 Å². The minimum absolute atomic E-state index is 0.151. The molecular formula is C22H23N7O. The number of aromatic nitrogens is 4. The Morgan fingerprint density at radius 2 is 2.03 bits per heavy atom. The lowest BCUT2D eigenvalue weighted by atomic mass is 9.92. The summed E-state index contributed by atoms with van der Waals surface area (Å²) in [7, 11) is 4.01. The second-order valence-corrected chi connectivity index (χ2v) is 7.94. The fraction of sp³-hybridized carbons (Fsp3) is 0.318. The summed E-state index contributed by atoms with van der Waals surface area (Å²) in [6.45, 7) is 3.83. The van der Waals surface area contributed by atoms with Crippen LogP contribution in [0.15, 0.2) is 47.4 Å². The van der Waals surface area contributed by atoms with Gasteiger partial charge in [-0.25, -0.2) is 15.0 Å². The molecule has 3 aromatic rings. The maximum atomic E-state index is 12.5. The molecule has 8 heteroatoms. The van der Waals surface area contributed by atoms with E-state index in [0.717, 1.165) is 52.9 Å². The fourth-order valence-corrected chi connectivity index (χ4v) is 4.09. The van der Waals surface area contributed by atoms with Crippen molar-refractivity contribution in [2.45, 2.75) is 13.3 Å². The molecule has 1 aromatic carbocycles. The molecule has 0 spiro atoms. The van der Waals surface area contributed by atoms with Gasteiger partial charge in [-0.3, -0.25) is 9.48 Å². The molecule has 152 valence electrons. The molecule has 1 fully saturated rings. The number of aliphatic imine (C=N–C) groups is 1. The molecule has 0 saturated carbocycles. The van der Waals surface area contributed by atoms with E-state index >= 15 is 0 Å². The van der Waals surface area contributed by atoms with Crippen molar-refractivity contribution in [3.05, 3.63) is 48.1 Å². The Labute approximate surface area is 174 Å². The number of rotatable bonds is 3. The SMILES string of the molecule is Cc1c(-c2cccc3cnc(NC4=CC5CN(C)CCC5=NC4=O)nc23)cnn1C. The number of likely N-dealkylation sites (tertiary alicyclic amines) is 1. The molecule has 1 atom stereocenters. The van der Waals surface area contributed by atoms with Crippen LogP contribution in [0, 0.1) is 12.8 Å². The molecular weight excluding hydrogens is 378 g/mol. The average Bonchev–Trinajstić information content (AvgIpc) is 3.07. The summed E-state index contributed by atoms with van der Waals surface area (Å²) < 4.78 is 1.84. The first-order valence-corrected chi connectivity index (χ1v) is 10.0. The number of aryl methyl sites for hydroxylation is 1. The lowest BCUT2D eigenvalue weighted by molar-refractivity contribution is -0.114. The van der Waals surface area contributed by atoms with E-state index < -0.39 is 0 Å². The first-order valence-electron chi connectivity index (χ1n) is 10.0. The maximum absolute atomic E-state index is 12.5. The van der Waals surface area contributed by atoms with E-state index in [1.165, 1.54) is 0 Å². The summed E-state index contributed by atoms with van der Waals surface area (Å²) in [5.74, 6) is 0.280. The molecule has 2 aliphatic rings. The van der Waals surface area contributed by atoms with Crippen LogP contribution < -0.4 is 5.32 Å². The van der Waals surface area contributed by atoms with E-state index in [-0.39, 0.29) is 11.8 Å². The Balaban J connectivity index is 1.51. The lowest BCUT2D eigenvalue weighted by Crippen LogP contribution is -2.40. The van der Waals surface area contributed by atoms with Crippen molar-refractivity contribution in [2.75, 3.05) is 25.5 Å². The molecule has 2 aliphatic heterocycles. The number of anilines is 1. The molecule has 0 radical (unpaired) electrons. The topological polar surface area (TPSA) is 88.3 Å². The molecule has 30 heavy (non-hydrogen) atoms. The van der Waals surface area contributed by atoms with Crippen LogP contribution in [-0.4, -0.2) is 56.4 Å². The van der Waals surface area contributed by atoms with Crippen LogP contribution in [-0.2, 0) is 11.8 Å². The van der Waals surface area contributed by atoms with E-state index in [9.17, 15) is 4.79 Å². The minimum Gasteiger partial charge on any atom is -0.320 e. The van der Waals surface area contributed by atoms with Gasteiger partial charge in [-0.2, -0.15) is 5.10 Å². The van der Waals surface area contributed by atoms with Gasteiger partial charge in [0.1, 0.15) is 5.70 Å². The van der Waals surface area contributed by atoms with Crippen LogP contribution in [0.5, 0.6) is 0 Å². The van der Waals surface area contributed by atoms with Crippen molar-refractivity contribution < 1.29 is 4.79 Å². The molecule has 0 aliphatic carbocycles. The maximum Gasteiger partial charge on any atom is 0.293 e. The fourth-order valence-electron chi connectivity index (χ4n) is 4.09. The highest BCUT2D eigenvalue weighted by atomic mass is 16.1. The van der Waals surface area contributed by atoms with E-state index in [1.54, 1.807) is 6.20 Å². The molecule has 5 rings (SSSR count). The highest BCUT2D eigenvalue weighted by Crippen LogP contribution is 2.30. The van der Waals surface area contributed by atoms with Crippen molar-refractivity contribution in [1.29, 1.82) is 0 Å².